The van der Waals surface area contributed by atoms with Gasteiger partial charge in [-0.25, -0.2) is 0 Å². The maximum Gasteiger partial charge on any atom is 0.162 e. The van der Waals surface area contributed by atoms with E-state index in [1.54, 1.807) is 0 Å². The molecule has 9 aromatic rings. The molecule has 0 unspecified atom stereocenters. The van der Waals surface area contributed by atoms with Crippen LogP contribution in [0.25, 0.3) is 77.1 Å². The summed E-state index contributed by atoms with van der Waals surface area (Å²) in [6.45, 7) is 21.1. The Balaban J connectivity index is 0.000000164. The van der Waals surface area contributed by atoms with E-state index in [4.69, 9.17) is 14.4 Å². The minimum absolute atomic E-state index is 0. The third kappa shape index (κ3) is 12.8. The Morgan fingerprint density at radius 3 is 1.79 bits per heavy atom. The largest absolute Gasteiger partial charge is 0.512 e. The quantitative estimate of drug-likeness (QED) is 0.0707. The van der Waals surface area contributed by atoms with Gasteiger partial charge in [-0.3, -0.25) is 4.79 Å². The number of allylic oxidation sites excluding steroid dienone is 2. The fourth-order valence-electron chi connectivity index (χ4n) is 12.3. The number of pyridine rings is 2. The molecular formula is C72H80IrN2O3-2. The Morgan fingerprint density at radius 2 is 1.19 bits per heavy atom. The molecule has 2 aliphatic carbocycles. The van der Waals surface area contributed by atoms with Gasteiger partial charge in [-0.1, -0.05) is 183 Å². The second-order valence-electron chi connectivity index (χ2n) is 22.6. The van der Waals surface area contributed by atoms with Crippen LogP contribution in [-0.2, 0) is 24.9 Å². The monoisotopic (exact) mass is 1210 g/mol. The molecule has 6 heteroatoms. The van der Waals surface area contributed by atoms with E-state index in [-0.39, 0.29) is 43.5 Å². The number of fused-ring (bicyclic) bond motifs is 5. The molecule has 11 rings (SSSR count). The van der Waals surface area contributed by atoms with E-state index in [2.05, 4.69) is 157 Å². The molecule has 0 bridgehead atoms. The molecule has 2 aliphatic rings. The molecule has 0 saturated heterocycles. The predicted octanol–water partition coefficient (Wildman–Crippen LogP) is 20.5. The SMILES string of the molecule is CCC(CC)C(=O)/C=C(\O)C(CC)CC.Cc1[c-]c(-c2ncc(-c3ccc(C)cc3)c3cc(C4CCCC4)ccc23)cc(C)c1.Cc1[c-]c(-c2ncc(C(C)C)c3cc(C4CCCC4)ccc23)c2oc3ccccc3c2c1.[Ir]. The summed E-state index contributed by atoms with van der Waals surface area (Å²) in [5.74, 6) is 2.37. The zero-order valence-corrected chi connectivity index (χ0v) is 50.3. The molecule has 0 aliphatic heterocycles. The second kappa shape index (κ2) is 26.2. The number of benzene rings is 6. The van der Waals surface area contributed by atoms with Gasteiger partial charge in [-0.05, 0) is 137 Å². The molecule has 3 aromatic heterocycles. The number of hydrogen-bond acceptors (Lipinski definition) is 5. The number of aliphatic hydroxyl groups excluding tert-OH is 1. The maximum absolute atomic E-state index is 11.7. The van der Waals surface area contributed by atoms with Crippen LogP contribution in [-0.4, -0.2) is 20.9 Å². The van der Waals surface area contributed by atoms with Gasteiger partial charge < -0.3 is 19.5 Å². The number of nitrogens with zero attached hydrogens (tertiary/aromatic N) is 2. The molecule has 78 heavy (non-hydrogen) atoms. The second-order valence-corrected chi connectivity index (χ2v) is 22.6. The molecule has 1 N–H and O–H groups in total. The fraction of sp³-hybridized carbons (Fsp3) is 0.375. The Hall–Kier alpha value is -6.20. The summed E-state index contributed by atoms with van der Waals surface area (Å²) in [5.41, 5.74) is 17.4. The van der Waals surface area contributed by atoms with Gasteiger partial charge in [-0.15, -0.1) is 52.6 Å². The van der Waals surface area contributed by atoms with Crippen molar-refractivity contribution < 1.29 is 34.4 Å². The van der Waals surface area contributed by atoms with E-state index in [1.807, 2.05) is 39.8 Å². The molecule has 3 heterocycles. The first kappa shape index (κ1) is 58.0. The Bertz CT molecular complexity index is 3530. The average molecular weight is 1210 g/mol. The van der Waals surface area contributed by atoms with Crippen LogP contribution >= 0.6 is 0 Å². The number of hydrogen-bond donors (Lipinski definition) is 1. The summed E-state index contributed by atoms with van der Waals surface area (Å²) in [7, 11) is 0. The van der Waals surface area contributed by atoms with Gasteiger partial charge in [-0.2, -0.15) is 0 Å². The van der Waals surface area contributed by atoms with Gasteiger partial charge in [0.1, 0.15) is 5.58 Å². The number of aryl methyl sites for hydroxylation is 4. The molecule has 0 atom stereocenters. The molecule has 2 saturated carbocycles. The number of aliphatic hydroxyl groups is 1. The Morgan fingerprint density at radius 1 is 0.615 bits per heavy atom. The minimum Gasteiger partial charge on any atom is -0.512 e. The number of carbonyl (C=O) groups excluding carboxylic acids is 1. The first-order valence-electron chi connectivity index (χ1n) is 29.0. The van der Waals surface area contributed by atoms with E-state index in [0.717, 1.165) is 81.3 Å². The normalized spacial score (nSPS) is 14.1. The van der Waals surface area contributed by atoms with Gasteiger partial charge in [0.05, 0.1) is 11.3 Å². The van der Waals surface area contributed by atoms with Crippen molar-refractivity contribution in [1.82, 2.24) is 9.97 Å². The molecule has 5 nitrogen and oxygen atoms in total. The topological polar surface area (TPSA) is 76.2 Å². The minimum atomic E-state index is 0. The van der Waals surface area contributed by atoms with Crippen molar-refractivity contribution in [2.45, 2.75) is 164 Å². The molecule has 407 valence electrons. The van der Waals surface area contributed by atoms with Crippen molar-refractivity contribution in [2.75, 3.05) is 0 Å². The summed E-state index contributed by atoms with van der Waals surface area (Å²) < 4.78 is 6.35. The van der Waals surface area contributed by atoms with Crippen LogP contribution in [0, 0.1) is 51.7 Å². The van der Waals surface area contributed by atoms with Gasteiger partial charge in [0, 0.05) is 61.4 Å². The summed E-state index contributed by atoms with van der Waals surface area (Å²) in [5, 5.41) is 17.1. The van der Waals surface area contributed by atoms with E-state index in [9.17, 15) is 9.90 Å². The summed E-state index contributed by atoms with van der Waals surface area (Å²) in [4.78, 5) is 21.7. The maximum atomic E-state index is 11.7. The Kier molecular flexibility index (Phi) is 19.4. The molecular weight excluding hydrogens is 1130 g/mol. The number of para-hydroxylation sites is 1. The van der Waals surface area contributed by atoms with Crippen molar-refractivity contribution in [3.05, 3.63) is 178 Å². The molecule has 0 amide bonds. The van der Waals surface area contributed by atoms with Crippen LogP contribution < -0.4 is 0 Å². The smallest absolute Gasteiger partial charge is 0.162 e. The number of ketones is 1. The van der Waals surface area contributed by atoms with Gasteiger partial charge >= 0.3 is 0 Å². The number of carbonyl (C=O) groups is 1. The fourth-order valence-corrected chi connectivity index (χ4v) is 12.3. The zero-order chi connectivity index (χ0) is 54.3. The van der Waals surface area contributed by atoms with Gasteiger partial charge in [0.2, 0.25) is 0 Å². The summed E-state index contributed by atoms with van der Waals surface area (Å²) >= 11 is 0. The molecule has 0 spiro atoms. The van der Waals surface area contributed by atoms with Crippen LogP contribution in [0.2, 0.25) is 0 Å². The van der Waals surface area contributed by atoms with E-state index in [0.29, 0.717) is 17.8 Å². The standard InChI is InChI=1S/C30H28NO.C29H28N.C13H24O2.Ir/c1-18(2)27-17-31-29(23-13-12-21(16-24(23)27)20-8-4-5-9-20)26-15-19(3)14-25-22-10-6-7-11-28(22)32-30(25)26;1-19-8-10-23(11-9-19)28-18-30-29(25-15-20(2)14-21(3)16-25)26-13-12-24(17-27(26)28)22-6-4-5-7-22;1-5-10(6-2)12(14)9-13(15)11(7-3)8-4;/h6-7,10-14,16-18,20H,4-5,8-9H2,1-3H3;8-15,17-18,22H,4-7H2,1-3H3;9-11,14H,5-8H2,1-4H3;/q2*-1;;/b;;12-9-;. The average Bonchev–Trinajstić information content (AvgIpc) is 4.31. The van der Waals surface area contributed by atoms with Crippen molar-refractivity contribution in [3.8, 4) is 33.6 Å². The number of aromatic nitrogens is 2. The van der Waals surface area contributed by atoms with Crippen LogP contribution in [0.3, 0.4) is 0 Å². The number of furan rings is 1. The van der Waals surface area contributed by atoms with Gasteiger partial charge in [0.15, 0.2) is 5.78 Å². The van der Waals surface area contributed by atoms with Crippen molar-refractivity contribution in [2.24, 2.45) is 11.8 Å². The predicted molar refractivity (Wildman–Crippen MR) is 324 cm³/mol. The van der Waals surface area contributed by atoms with Crippen molar-refractivity contribution in [3.63, 3.8) is 0 Å². The first-order chi connectivity index (χ1) is 37.3. The van der Waals surface area contributed by atoms with Crippen molar-refractivity contribution >= 4 is 49.3 Å². The van der Waals surface area contributed by atoms with Gasteiger partial charge in [0.25, 0.3) is 0 Å². The summed E-state index contributed by atoms with van der Waals surface area (Å²) in [6, 6.07) is 44.9. The number of rotatable bonds is 13. The molecule has 1 radical (unpaired) electrons. The van der Waals surface area contributed by atoms with E-state index in [1.165, 1.54) is 118 Å². The zero-order valence-electron chi connectivity index (χ0n) is 47.9. The third-order valence-electron chi connectivity index (χ3n) is 16.8. The first-order valence-corrected chi connectivity index (χ1v) is 29.0. The van der Waals surface area contributed by atoms with Crippen LogP contribution in [0.15, 0.2) is 132 Å². The summed E-state index contributed by atoms with van der Waals surface area (Å²) in [6.07, 6.45) is 19.7. The van der Waals surface area contributed by atoms with E-state index >= 15 is 0 Å². The van der Waals surface area contributed by atoms with Crippen LogP contribution in [0.5, 0.6) is 0 Å². The van der Waals surface area contributed by atoms with Crippen LogP contribution in [0.4, 0.5) is 0 Å². The van der Waals surface area contributed by atoms with Crippen molar-refractivity contribution in [1.29, 1.82) is 0 Å². The molecule has 2 fully saturated rings. The van der Waals surface area contributed by atoms with E-state index < -0.39 is 0 Å². The molecule has 6 aromatic carbocycles. The Labute approximate surface area is 478 Å². The third-order valence-corrected chi connectivity index (χ3v) is 16.8. The van der Waals surface area contributed by atoms with Crippen LogP contribution in [0.1, 0.15) is 175 Å².